The molecule has 0 saturated heterocycles. The first-order valence-corrected chi connectivity index (χ1v) is 9.73. The number of alkyl halides is 3. The third kappa shape index (κ3) is 3.54. The number of hydrogen-bond donors (Lipinski definition) is 1. The van der Waals surface area contributed by atoms with Crippen LogP contribution in [0.15, 0.2) is 30.6 Å². The van der Waals surface area contributed by atoms with Crippen LogP contribution in [0.4, 0.5) is 13.2 Å². The van der Waals surface area contributed by atoms with Crippen LogP contribution in [0.5, 0.6) is 0 Å². The van der Waals surface area contributed by atoms with E-state index in [0.29, 0.717) is 16.1 Å². The number of thiophene rings is 1. The fourth-order valence-corrected chi connectivity index (χ4v) is 4.25. The van der Waals surface area contributed by atoms with Crippen LogP contribution in [-0.2, 0) is 12.7 Å². The van der Waals surface area contributed by atoms with E-state index < -0.39 is 17.9 Å². The second-order valence-corrected chi connectivity index (χ2v) is 7.75. The van der Waals surface area contributed by atoms with Gasteiger partial charge in [-0.2, -0.15) is 17.9 Å². The van der Waals surface area contributed by atoms with E-state index in [9.17, 15) is 18.0 Å². The molecule has 0 unspecified atom stereocenters. The molecular weight excluding hydrogens is 419 g/mol. The van der Waals surface area contributed by atoms with E-state index in [1.807, 2.05) is 6.92 Å². The van der Waals surface area contributed by atoms with E-state index >= 15 is 0 Å². The van der Waals surface area contributed by atoms with Crippen LogP contribution in [0.3, 0.4) is 0 Å². The number of nitrogens with one attached hydrogen (secondary N) is 1. The minimum Gasteiger partial charge on any atom is -0.350 e. The normalized spacial score (nSPS) is 11.9. The predicted octanol–water partition coefficient (Wildman–Crippen LogP) is 3.14. The molecule has 0 saturated carbocycles. The average molecular weight is 435 g/mol. The number of halogens is 3. The van der Waals surface area contributed by atoms with Crippen molar-refractivity contribution < 1.29 is 18.0 Å². The monoisotopic (exact) mass is 435 g/mol. The average Bonchev–Trinajstić information content (AvgIpc) is 3.40. The maximum atomic E-state index is 13.4. The first-order valence-electron chi connectivity index (χ1n) is 8.91. The highest BCUT2D eigenvalue weighted by molar-refractivity contribution is 7.15. The van der Waals surface area contributed by atoms with Gasteiger partial charge in [0, 0.05) is 18.0 Å². The van der Waals surface area contributed by atoms with E-state index in [1.54, 1.807) is 25.1 Å². The first kappa shape index (κ1) is 20.0. The highest BCUT2D eigenvalue weighted by Crippen LogP contribution is 2.32. The lowest BCUT2D eigenvalue weighted by Crippen LogP contribution is -2.29. The minimum atomic E-state index is -4.60. The van der Waals surface area contributed by atoms with Gasteiger partial charge in [-0.05, 0) is 42.0 Å². The zero-order valence-corrected chi connectivity index (χ0v) is 16.8. The Bertz CT molecular complexity index is 1210. The third-order valence-electron chi connectivity index (χ3n) is 4.68. The Morgan fingerprint density at radius 1 is 1.23 bits per heavy atom. The molecule has 1 amide bonds. The van der Waals surface area contributed by atoms with E-state index in [0.717, 1.165) is 15.0 Å². The number of carbonyl (C=O) groups excluding carboxylic acids is 1. The number of tetrazole rings is 1. The summed E-state index contributed by atoms with van der Waals surface area (Å²) in [5, 5.41) is 14.3. The number of aryl methyl sites for hydroxylation is 1. The van der Waals surface area contributed by atoms with Gasteiger partial charge in [0.25, 0.3) is 5.91 Å². The van der Waals surface area contributed by atoms with Crippen molar-refractivity contribution in [3.8, 4) is 5.00 Å². The van der Waals surface area contributed by atoms with Crippen molar-refractivity contribution >= 4 is 28.3 Å². The lowest BCUT2D eigenvalue weighted by Gasteiger charge is -2.12. The largest absolute Gasteiger partial charge is 0.449 e. The molecule has 156 valence electrons. The van der Waals surface area contributed by atoms with Gasteiger partial charge in [-0.3, -0.25) is 4.79 Å². The summed E-state index contributed by atoms with van der Waals surface area (Å²) in [5.41, 5.74) is 1.78. The molecular formula is C18H16F3N7OS. The number of fused-ring (bicyclic) bond motifs is 1. The fourth-order valence-electron chi connectivity index (χ4n) is 3.18. The van der Waals surface area contributed by atoms with Gasteiger partial charge in [-0.25, -0.2) is 4.98 Å². The van der Waals surface area contributed by atoms with Crippen molar-refractivity contribution in [2.75, 3.05) is 6.54 Å². The Morgan fingerprint density at radius 2 is 2.00 bits per heavy atom. The number of benzene rings is 1. The summed E-state index contributed by atoms with van der Waals surface area (Å²) in [6, 6.07) is 6.37. The smallest absolute Gasteiger partial charge is 0.350 e. The number of rotatable bonds is 5. The number of para-hydroxylation sites is 2. The zero-order chi connectivity index (χ0) is 21.5. The van der Waals surface area contributed by atoms with Crippen molar-refractivity contribution in [1.29, 1.82) is 0 Å². The molecule has 1 N–H and O–H groups in total. The molecule has 12 heteroatoms. The van der Waals surface area contributed by atoms with Gasteiger partial charge in [0.15, 0.2) is 0 Å². The minimum absolute atomic E-state index is 0.00828. The highest BCUT2D eigenvalue weighted by Gasteiger charge is 2.37. The highest BCUT2D eigenvalue weighted by atomic mass is 32.1. The summed E-state index contributed by atoms with van der Waals surface area (Å²) in [6.45, 7) is 3.59. The summed E-state index contributed by atoms with van der Waals surface area (Å²) >= 11 is 1.36. The van der Waals surface area contributed by atoms with Crippen LogP contribution in [0.25, 0.3) is 16.0 Å². The Hall–Kier alpha value is -3.28. The van der Waals surface area contributed by atoms with E-state index in [2.05, 4.69) is 25.8 Å². The Morgan fingerprint density at radius 3 is 2.70 bits per heavy atom. The summed E-state index contributed by atoms with van der Waals surface area (Å²) in [6.07, 6.45) is -3.22. The van der Waals surface area contributed by atoms with Gasteiger partial charge in [0.2, 0.25) is 5.82 Å². The third-order valence-corrected chi connectivity index (χ3v) is 5.88. The summed E-state index contributed by atoms with van der Waals surface area (Å²) in [4.78, 5) is 17.5. The van der Waals surface area contributed by atoms with E-state index in [1.165, 1.54) is 28.4 Å². The SMILES string of the molecule is Cc1sc(-n2cnnn2)c(C(=O)NCCn2c(C(F)(F)F)nc3ccccc32)c1C. The molecule has 0 radical (unpaired) electrons. The molecule has 0 bridgehead atoms. The maximum absolute atomic E-state index is 13.4. The van der Waals surface area contributed by atoms with Crippen LogP contribution in [0, 0.1) is 13.8 Å². The molecule has 30 heavy (non-hydrogen) atoms. The second-order valence-electron chi connectivity index (χ2n) is 6.55. The summed E-state index contributed by atoms with van der Waals surface area (Å²) in [7, 11) is 0. The number of imidazole rings is 1. The first-order chi connectivity index (χ1) is 14.3. The van der Waals surface area contributed by atoms with Crippen LogP contribution in [-0.4, -0.2) is 42.2 Å². The summed E-state index contributed by atoms with van der Waals surface area (Å²) in [5.74, 6) is -1.39. The van der Waals surface area contributed by atoms with Crippen molar-refractivity contribution in [3.05, 3.63) is 52.4 Å². The number of amides is 1. The molecule has 0 fully saturated rings. The molecule has 0 aliphatic carbocycles. The molecule has 3 heterocycles. The standard InChI is InChI=1S/C18H16F3N7OS/c1-10-11(2)30-16(28-9-23-25-26-28)14(10)15(29)22-7-8-27-13-6-4-3-5-12(13)24-17(27)18(19,20)21/h3-6,9H,7-8H2,1-2H3,(H,22,29). The van der Waals surface area contributed by atoms with Gasteiger partial charge in [-0.15, -0.1) is 16.4 Å². The number of hydrogen-bond acceptors (Lipinski definition) is 6. The fraction of sp³-hybridized carbons (Fsp3) is 0.278. The summed E-state index contributed by atoms with van der Waals surface area (Å²) < 4.78 is 42.7. The lowest BCUT2D eigenvalue weighted by atomic mass is 10.1. The number of aromatic nitrogens is 6. The number of carbonyl (C=O) groups is 1. The van der Waals surface area contributed by atoms with Crippen molar-refractivity contribution in [2.45, 2.75) is 26.6 Å². The van der Waals surface area contributed by atoms with Gasteiger partial charge < -0.3 is 9.88 Å². The Balaban J connectivity index is 1.57. The molecule has 0 atom stereocenters. The van der Waals surface area contributed by atoms with E-state index in [-0.39, 0.29) is 18.6 Å². The topological polar surface area (TPSA) is 90.5 Å². The zero-order valence-electron chi connectivity index (χ0n) is 15.9. The van der Waals surface area contributed by atoms with Crippen LogP contribution in [0.2, 0.25) is 0 Å². The molecule has 8 nitrogen and oxygen atoms in total. The van der Waals surface area contributed by atoms with Crippen LogP contribution >= 0.6 is 11.3 Å². The Labute approximate surface area is 172 Å². The number of nitrogens with zero attached hydrogens (tertiary/aromatic N) is 6. The van der Waals surface area contributed by atoms with Crippen molar-refractivity contribution in [3.63, 3.8) is 0 Å². The van der Waals surface area contributed by atoms with Crippen LogP contribution in [0.1, 0.15) is 26.6 Å². The van der Waals surface area contributed by atoms with Crippen molar-refractivity contribution in [2.24, 2.45) is 0 Å². The Kier molecular flexibility index (Phi) is 5.02. The lowest BCUT2D eigenvalue weighted by molar-refractivity contribution is -0.146. The molecule has 3 aromatic heterocycles. The molecule has 1 aromatic carbocycles. The molecule has 0 aliphatic rings. The van der Waals surface area contributed by atoms with Crippen LogP contribution < -0.4 is 5.32 Å². The van der Waals surface area contributed by atoms with E-state index in [4.69, 9.17) is 0 Å². The molecule has 4 rings (SSSR count). The van der Waals surface area contributed by atoms with Crippen molar-refractivity contribution in [1.82, 2.24) is 35.1 Å². The predicted molar refractivity (Wildman–Crippen MR) is 104 cm³/mol. The maximum Gasteiger partial charge on any atom is 0.449 e. The quantitative estimate of drug-likeness (QED) is 0.520. The molecule has 0 spiro atoms. The molecule has 0 aliphatic heterocycles. The molecule has 4 aromatic rings. The van der Waals surface area contributed by atoms with Gasteiger partial charge >= 0.3 is 6.18 Å². The van der Waals surface area contributed by atoms with Gasteiger partial charge in [-0.1, -0.05) is 12.1 Å². The second kappa shape index (κ2) is 7.52. The van der Waals surface area contributed by atoms with Gasteiger partial charge in [0.1, 0.15) is 11.3 Å². The van der Waals surface area contributed by atoms with Gasteiger partial charge in [0.05, 0.1) is 16.6 Å².